The van der Waals surface area contributed by atoms with E-state index in [1.807, 2.05) is 20.8 Å². The van der Waals surface area contributed by atoms with Gasteiger partial charge in [0, 0.05) is 5.02 Å². The Hall–Kier alpha value is -2.72. The van der Waals surface area contributed by atoms with Crippen molar-refractivity contribution in [3.8, 4) is 5.75 Å². The molecule has 2 aromatic heterocycles. The standard InChI is InChI=1S/C24H34ClN6O5P.C2H6/c1-5-6-7-12-34-23(32)24(3,4)30-37(33,36-19-10-8-18(25)9-11-19)16-35-17(2)13-31-15-29-20-21(26)27-14-28-22(20)31;1-2/h8-11,14-15,17H,5-7,12-13,16H2,1-4H3,(H,30,33)(H2,26,27,28);1-2H3. The van der Waals surface area contributed by atoms with E-state index in [9.17, 15) is 9.36 Å². The quantitative estimate of drug-likeness (QED) is 0.135. The molecule has 0 saturated heterocycles. The minimum atomic E-state index is -3.76. The Labute approximate surface area is 235 Å². The van der Waals surface area contributed by atoms with E-state index < -0.39 is 25.1 Å². The van der Waals surface area contributed by atoms with E-state index in [1.54, 1.807) is 49.0 Å². The number of nitrogens with two attached hydrogens (primary N) is 1. The van der Waals surface area contributed by atoms with Crippen molar-refractivity contribution in [1.29, 1.82) is 0 Å². The molecule has 0 fully saturated rings. The maximum atomic E-state index is 14.0. The zero-order valence-corrected chi connectivity index (χ0v) is 25.2. The molecule has 216 valence electrons. The number of nitrogen functional groups attached to an aromatic ring is 1. The van der Waals surface area contributed by atoms with E-state index in [4.69, 9.17) is 31.3 Å². The number of carbonyl (C=O) groups excluding carboxylic acids is 1. The first-order valence-corrected chi connectivity index (χ1v) is 15.3. The Morgan fingerprint density at radius 3 is 2.54 bits per heavy atom. The Morgan fingerprint density at radius 2 is 1.87 bits per heavy atom. The van der Waals surface area contributed by atoms with Gasteiger partial charge in [-0.1, -0.05) is 45.2 Å². The molecule has 3 rings (SSSR count). The van der Waals surface area contributed by atoms with Gasteiger partial charge in [-0.3, -0.25) is 9.36 Å². The Balaban J connectivity index is 0.00000260. The predicted octanol–water partition coefficient (Wildman–Crippen LogP) is 5.82. The summed E-state index contributed by atoms with van der Waals surface area (Å²) >= 11 is 5.97. The smallest absolute Gasteiger partial charge is 0.342 e. The number of unbranched alkanes of at least 4 members (excludes halogenated alkanes) is 2. The highest BCUT2D eigenvalue weighted by Crippen LogP contribution is 2.45. The Kier molecular flexibility index (Phi) is 12.6. The van der Waals surface area contributed by atoms with E-state index in [0.29, 0.717) is 35.1 Å². The van der Waals surface area contributed by atoms with E-state index in [0.717, 1.165) is 19.3 Å². The molecule has 2 unspecified atom stereocenters. The van der Waals surface area contributed by atoms with Crippen molar-refractivity contribution in [2.24, 2.45) is 0 Å². The number of anilines is 1. The number of nitrogens with one attached hydrogen (secondary N) is 1. The van der Waals surface area contributed by atoms with Gasteiger partial charge >= 0.3 is 13.5 Å². The van der Waals surface area contributed by atoms with Gasteiger partial charge in [-0.25, -0.2) is 20.0 Å². The molecule has 0 aliphatic rings. The van der Waals surface area contributed by atoms with Crippen molar-refractivity contribution in [1.82, 2.24) is 24.6 Å². The molecule has 0 radical (unpaired) electrons. The summed E-state index contributed by atoms with van der Waals surface area (Å²) < 4.78 is 32.9. The molecule has 0 aliphatic heterocycles. The maximum Gasteiger partial charge on any atom is 0.342 e. The molecule has 3 N–H and O–H groups in total. The Morgan fingerprint density at radius 1 is 1.18 bits per heavy atom. The third-order valence-electron chi connectivity index (χ3n) is 5.42. The van der Waals surface area contributed by atoms with Gasteiger partial charge in [-0.15, -0.1) is 0 Å². The third kappa shape index (κ3) is 9.76. The zero-order chi connectivity index (χ0) is 29.1. The number of aromatic nitrogens is 4. The largest absolute Gasteiger partial charge is 0.464 e. The molecule has 0 amide bonds. The van der Waals surface area contributed by atoms with Crippen LogP contribution in [-0.2, 0) is 25.4 Å². The summed E-state index contributed by atoms with van der Waals surface area (Å²) in [4.78, 5) is 25.2. The summed E-state index contributed by atoms with van der Waals surface area (Å²) in [5.74, 6) is 0.0707. The summed E-state index contributed by atoms with van der Waals surface area (Å²) in [5.41, 5.74) is 5.62. The van der Waals surface area contributed by atoms with Crippen LogP contribution in [0.5, 0.6) is 5.75 Å². The predicted molar refractivity (Wildman–Crippen MR) is 154 cm³/mol. The molecule has 11 nitrogen and oxygen atoms in total. The second-order valence-electron chi connectivity index (χ2n) is 9.23. The van der Waals surface area contributed by atoms with Crippen LogP contribution in [0.25, 0.3) is 11.2 Å². The number of halogens is 1. The lowest BCUT2D eigenvalue weighted by atomic mass is 10.1. The van der Waals surface area contributed by atoms with Crippen molar-refractivity contribution < 1.29 is 23.4 Å². The fraction of sp³-hybridized carbons (Fsp3) is 0.538. The first kappa shape index (κ1) is 32.5. The summed E-state index contributed by atoms with van der Waals surface area (Å²) in [6, 6.07) is 6.43. The molecule has 13 heteroatoms. The highest BCUT2D eigenvalue weighted by molar-refractivity contribution is 7.57. The molecule has 2 atom stereocenters. The number of carbonyl (C=O) groups is 1. The topological polar surface area (TPSA) is 143 Å². The van der Waals surface area contributed by atoms with Crippen LogP contribution < -0.4 is 15.3 Å². The van der Waals surface area contributed by atoms with Crippen LogP contribution in [0.15, 0.2) is 36.9 Å². The summed E-state index contributed by atoms with van der Waals surface area (Å²) in [6.45, 7) is 11.7. The summed E-state index contributed by atoms with van der Waals surface area (Å²) in [7, 11) is -3.76. The molecule has 1 aromatic carbocycles. The van der Waals surface area contributed by atoms with Gasteiger partial charge in [0.25, 0.3) is 0 Å². The highest BCUT2D eigenvalue weighted by atomic mass is 35.5. The molecule has 0 spiro atoms. The fourth-order valence-corrected chi connectivity index (χ4v) is 5.65. The van der Waals surface area contributed by atoms with E-state index in [1.165, 1.54) is 6.33 Å². The summed E-state index contributed by atoms with van der Waals surface area (Å²) in [6.07, 6.45) is 4.95. The molecule has 0 saturated carbocycles. The van der Waals surface area contributed by atoms with Gasteiger partial charge in [0.2, 0.25) is 0 Å². The molecular formula is C26H40ClN6O5P. The highest BCUT2D eigenvalue weighted by Gasteiger charge is 2.39. The number of hydrogen-bond donors (Lipinski definition) is 2. The fourth-order valence-electron chi connectivity index (χ4n) is 3.50. The van der Waals surface area contributed by atoms with Gasteiger partial charge in [0.05, 0.1) is 25.6 Å². The van der Waals surface area contributed by atoms with Crippen molar-refractivity contribution in [3.05, 3.63) is 41.9 Å². The van der Waals surface area contributed by atoms with Gasteiger partial charge in [-0.2, -0.15) is 0 Å². The molecule has 0 aliphatic carbocycles. The first-order valence-electron chi connectivity index (χ1n) is 13.1. The van der Waals surface area contributed by atoms with Crippen LogP contribution in [0.1, 0.15) is 60.8 Å². The van der Waals surface area contributed by atoms with Crippen molar-refractivity contribution >= 4 is 42.1 Å². The average Bonchev–Trinajstić information content (AvgIpc) is 3.31. The van der Waals surface area contributed by atoms with Crippen LogP contribution in [0.4, 0.5) is 5.82 Å². The van der Waals surface area contributed by atoms with E-state index >= 15 is 0 Å². The van der Waals surface area contributed by atoms with Crippen LogP contribution in [-0.4, -0.2) is 50.1 Å². The maximum absolute atomic E-state index is 14.0. The number of hydrogen-bond acceptors (Lipinski definition) is 9. The van der Waals surface area contributed by atoms with Gasteiger partial charge < -0.3 is 24.3 Å². The normalized spacial score (nSPS) is 13.7. The lowest BCUT2D eigenvalue weighted by molar-refractivity contribution is -0.149. The summed E-state index contributed by atoms with van der Waals surface area (Å²) in [5, 5.41) is 3.38. The molecule has 3 aromatic rings. The average molecular weight is 583 g/mol. The molecule has 2 heterocycles. The number of fused-ring (bicyclic) bond motifs is 1. The number of ether oxygens (including phenoxy) is 2. The minimum absolute atomic E-state index is 0.284. The number of benzene rings is 1. The number of esters is 1. The first-order chi connectivity index (χ1) is 18.5. The van der Waals surface area contributed by atoms with Gasteiger partial charge in [-0.05, 0) is 51.5 Å². The number of rotatable bonds is 14. The second-order valence-corrected chi connectivity index (χ2v) is 11.7. The van der Waals surface area contributed by atoms with E-state index in [2.05, 4.69) is 27.0 Å². The SMILES string of the molecule is CC.CCCCCOC(=O)C(C)(C)NP(=O)(COC(C)Cn1cnc2c(N)ncnc21)Oc1ccc(Cl)cc1. The van der Waals surface area contributed by atoms with Crippen LogP contribution in [0.2, 0.25) is 5.02 Å². The van der Waals surface area contributed by atoms with E-state index in [-0.39, 0.29) is 12.2 Å². The van der Waals surface area contributed by atoms with Crippen LogP contribution >= 0.6 is 19.1 Å². The number of nitrogens with zero attached hydrogens (tertiary/aromatic N) is 4. The second kappa shape index (κ2) is 15.2. The molecule has 39 heavy (non-hydrogen) atoms. The lowest BCUT2D eigenvalue weighted by Crippen LogP contribution is -2.47. The van der Waals surface area contributed by atoms with Crippen molar-refractivity contribution in [2.45, 2.75) is 79.0 Å². The third-order valence-corrected chi connectivity index (χ3v) is 7.57. The lowest BCUT2D eigenvalue weighted by Gasteiger charge is -2.30. The number of imidazole rings is 1. The van der Waals surface area contributed by atoms with Crippen molar-refractivity contribution in [3.63, 3.8) is 0 Å². The van der Waals surface area contributed by atoms with Gasteiger partial charge in [0.1, 0.15) is 29.5 Å². The Bertz CT molecular complexity index is 1240. The van der Waals surface area contributed by atoms with Crippen molar-refractivity contribution in [2.75, 3.05) is 18.7 Å². The minimum Gasteiger partial charge on any atom is -0.464 e. The monoisotopic (exact) mass is 582 g/mol. The van der Waals surface area contributed by atoms with Crippen LogP contribution in [0, 0.1) is 0 Å². The van der Waals surface area contributed by atoms with Gasteiger partial charge in [0.15, 0.2) is 11.5 Å². The molecular weight excluding hydrogens is 543 g/mol. The zero-order valence-electron chi connectivity index (χ0n) is 23.5. The molecule has 0 bridgehead atoms. The van der Waals surface area contributed by atoms with Crippen LogP contribution in [0.3, 0.4) is 0 Å².